The molecule has 2 fully saturated rings. The third kappa shape index (κ3) is 2.14. The van der Waals surface area contributed by atoms with Gasteiger partial charge in [0.1, 0.15) is 0 Å². The first-order chi connectivity index (χ1) is 9.78. The Morgan fingerprint density at radius 2 is 2.10 bits per heavy atom. The summed E-state index contributed by atoms with van der Waals surface area (Å²) in [6, 6.07) is 9.71. The summed E-state index contributed by atoms with van der Waals surface area (Å²) in [5.41, 5.74) is 2.50. The van der Waals surface area contributed by atoms with E-state index in [1.807, 2.05) is 0 Å². The molecular weight excluding hydrogens is 250 g/mol. The molecule has 3 atom stereocenters. The van der Waals surface area contributed by atoms with E-state index in [9.17, 15) is 0 Å². The molecule has 0 aliphatic carbocycles. The van der Waals surface area contributed by atoms with Crippen LogP contribution in [-0.4, -0.2) is 22.2 Å². The fraction of sp³-hybridized carbons (Fsp3) is 0.500. The Balaban J connectivity index is 1.49. The van der Waals surface area contributed by atoms with Crippen molar-refractivity contribution in [2.24, 2.45) is 0 Å². The van der Waals surface area contributed by atoms with Gasteiger partial charge in [-0.05, 0) is 31.7 Å². The maximum atomic E-state index is 5.50. The van der Waals surface area contributed by atoms with Gasteiger partial charge in [-0.25, -0.2) is 0 Å². The highest BCUT2D eigenvalue weighted by molar-refractivity contribution is 5.24. The van der Waals surface area contributed by atoms with Crippen LogP contribution in [-0.2, 0) is 6.42 Å². The number of nitrogens with one attached hydrogen (secondary N) is 1. The molecule has 0 spiro atoms. The number of rotatable bonds is 3. The minimum atomic E-state index is 0.424. The highest BCUT2D eigenvalue weighted by atomic mass is 16.5. The molecule has 2 aromatic rings. The summed E-state index contributed by atoms with van der Waals surface area (Å²) in [7, 11) is 0. The number of fused-ring (bicyclic) bond motifs is 2. The van der Waals surface area contributed by atoms with Gasteiger partial charge in [-0.1, -0.05) is 35.0 Å². The zero-order valence-electron chi connectivity index (χ0n) is 11.7. The maximum absolute atomic E-state index is 5.50. The van der Waals surface area contributed by atoms with Gasteiger partial charge in [-0.15, -0.1) is 0 Å². The lowest BCUT2D eigenvalue weighted by atomic mass is 9.89. The van der Waals surface area contributed by atoms with Gasteiger partial charge in [0.05, 0.1) is 5.92 Å². The Bertz CT molecular complexity index is 604. The average Bonchev–Trinajstić information content (AvgIpc) is 3.17. The normalized spacial score (nSPS) is 28.1. The molecule has 1 aromatic carbocycles. The van der Waals surface area contributed by atoms with Crippen LogP contribution in [0, 0.1) is 6.92 Å². The zero-order chi connectivity index (χ0) is 13.5. The van der Waals surface area contributed by atoms with Crippen LogP contribution in [0.5, 0.6) is 0 Å². The van der Waals surface area contributed by atoms with Gasteiger partial charge < -0.3 is 9.84 Å². The highest BCUT2D eigenvalue weighted by Gasteiger charge is 2.42. The predicted molar refractivity (Wildman–Crippen MR) is 75.6 cm³/mol. The van der Waals surface area contributed by atoms with E-state index in [0.29, 0.717) is 18.0 Å². The molecule has 3 unspecified atom stereocenters. The molecule has 2 aliphatic heterocycles. The third-order valence-electron chi connectivity index (χ3n) is 4.58. The molecule has 0 saturated carbocycles. The first-order valence-electron chi connectivity index (χ1n) is 7.42. The van der Waals surface area contributed by atoms with Crippen molar-refractivity contribution >= 4 is 0 Å². The average molecular weight is 269 g/mol. The van der Waals surface area contributed by atoms with Crippen molar-refractivity contribution in [3.05, 3.63) is 47.1 Å². The topological polar surface area (TPSA) is 51.0 Å². The van der Waals surface area contributed by atoms with Crippen LogP contribution in [0.2, 0.25) is 0 Å². The number of hydrogen-bond acceptors (Lipinski definition) is 4. The Morgan fingerprint density at radius 1 is 1.25 bits per heavy atom. The van der Waals surface area contributed by atoms with E-state index in [1.54, 1.807) is 0 Å². The molecule has 4 rings (SSSR count). The van der Waals surface area contributed by atoms with Crippen molar-refractivity contribution in [3.63, 3.8) is 0 Å². The van der Waals surface area contributed by atoms with Gasteiger partial charge in [-0.3, -0.25) is 0 Å². The molecule has 20 heavy (non-hydrogen) atoms. The standard InChI is InChI=1S/C16H19N3O/c1-10-2-4-11(5-3-10)8-15-18-16(20-19-15)13-9-12-6-7-14(13)17-12/h2-5,12-14,17H,6-9H2,1H3. The van der Waals surface area contributed by atoms with Crippen molar-refractivity contribution in [1.82, 2.24) is 15.5 Å². The summed E-state index contributed by atoms with van der Waals surface area (Å²) in [5.74, 6) is 2.05. The molecule has 2 bridgehead atoms. The van der Waals surface area contributed by atoms with E-state index < -0.39 is 0 Å². The number of nitrogens with zero attached hydrogens (tertiary/aromatic N) is 2. The van der Waals surface area contributed by atoms with Gasteiger partial charge in [0.25, 0.3) is 0 Å². The fourth-order valence-corrected chi connectivity index (χ4v) is 3.48. The molecule has 4 heteroatoms. The summed E-state index contributed by atoms with van der Waals surface area (Å²) in [6.45, 7) is 2.10. The van der Waals surface area contributed by atoms with Gasteiger partial charge in [-0.2, -0.15) is 4.98 Å². The van der Waals surface area contributed by atoms with E-state index in [2.05, 4.69) is 46.6 Å². The Hall–Kier alpha value is -1.68. The molecule has 2 aliphatic rings. The number of hydrogen-bond donors (Lipinski definition) is 1. The lowest BCUT2D eigenvalue weighted by Gasteiger charge is -2.15. The van der Waals surface area contributed by atoms with Crippen molar-refractivity contribution in [2.75, 3.05) is 0 Å². The molecule has 1 aromatic heterocycles. The molecule has 4 nitrogen and oxygen atoms in total. The zero-order valence-corrected chi connectivity index (χ0v) is 11.7. The van der Waals surface area contributed by atoms with Crippen molar-refractivity contribution < 1.29 is 4.52 Å². The Kier molecular flexibility index (Phi) is 2.84. The third-order valence-corrected chi connectivity index (χ3v) is 4.58. The number of aromatic nitrogens is 2. The van der Waals surface area contributed by atoms with Crippen LogP contribution < -0.4 is 5.32 Å². The molecule has 2 saturated heterocycles. The van der Waals surface area contributed by atoms with Crippen molar-refractivity contribution in [3.8, 4) is 0 Å². The first-order valence-corrected chi connectivity index (χ1v) is 7.42. The molecule has 1 N–H and O–H groups in total. The monoisotopic (exact) mass is 269 g/mol. The van der Waals surface area contributed by atoms with Crippen LogP contribution in [0.4, 0.5) is 0 Å². The summed E-state index contributed by atoms with van der Waals surface area (Å²) >= 11 is 0. The van der Waals surface area contributed by atoms with E-state index in [0.717, 1.165) is 24.6 Å². The van der Waals surface area contributed by atoms with Crippen molar-refractivity contribution in [2.45, 2.75) is 50.6 Å². The quantitative estimate of drug-likeness (QED) is 0.930. The van der Waals surface area contributed by atoms with Crippen LogP contribution in [0.3, 0.4) is 0 Å². The van der Waals surface area contributed by atoms with E-state index >= 15 is 0 Å². The maximum Gasteiger partial charge on any atom is 0.231 e. The number of aryl methyl sites for hydroxylation is 1. The van der Waals surface area contributed by atoms with Crippen LogP contribution in [0.1, 0.15) is 48.0 Å². The molecular formula is C16H19N3O. The van der Waals surface area contributed by atoms with E-state index in [1.165, 1.54) is 24.0 Å². The Labute approximate surface area is 118 Å². The van der Waals surface area contributed by atoms with Gasteiger partial charge in [0.15, 0.2) is 5.82 Å². The van der Waals surface area contributed by atoms with Gasteiger partial charge in [0, 0.05) is 18.5 Å². The molecule has 0 amide bonds. The molecule has 104 valence electrons. The number of benzene rings is 1. The summed E-state index contributed by atoms with van der Waals surface area (Å²) < 4.78 is 5.50. The minimum absolute atomic E-state index is 0.424. The molecule has 3 heterocycles. The highest BCUT2D eigenvalue weighted by Crippen LogP contribution is 2.39. The summed E-state index contributed by atoms with van der Waals surface area (Å²) in [4.78, 5) is 4.61. The summed E-state index contributed by atoms with van der Waals surface area (Å²) in [5, 5.41) is 7.76. The smallest absolute Gasteiger partial charge is 0.231 e. The van der Waals surface area contributed by atoms with Gasteiger partial charge >= 0.3 is 0 Å². The predicted octanol–water partition coefficient (Wildman–Crippen LogP) is 2.58. The first kappa shape index (κ1) is 12.1. The van der Waals surface area contributed by atoms with E-state index in [-0.39, 0.29) is 0 Å². The van der Waals surface area contributed by atoms with Crippen molar-refractivity contribution in [1.29, 1.82) is 0 Å². The second-order valence-corrected chi connectivity index (χ2v) is 6.10. The van der Waals surface area contributed by atoms with Crippen LogP contribution >= 0.6 is 0 Å². The fourth-order valence-electron chi connectivity index (χ4n) is 3.48. The van der Waals surface area contributed by atoms with E-state index in [4.69, 9.17) is 4.52 Å². The Morgan fingerprint density at radius 3 is 2.80 bits per heavy atom. The van der Waals surface area contributed by atoms with Crippen LogP contribution in [0.15, 0.2) is 28.8 Å². The molecule has 0 radical (unpaired) electrons. The van der Waals surface area contributed by atoms with Crippen LogP contribution in [0.25, 0.3) is 0 Å². The minimum Gasteiger partial charge on any atom is -0.339 e. The second kappa shape index (κ2) is 4.70. The summed E-state index contributed by atoms with van der Waals surface area (Å²) in [6.07, 6.45) is 4.44. The van der Waals surface area contributed by atoms with Gasteiger partial charge in [0.2, 0.25) is 5.89 Å². The lowest BCUT2D eigenvalue weighted by molar-refractivity contribution is 0.327. The lowest BCUT2D eigenvalue weighted by Crippen LogP contribution is -2.21. The SMILES string of the molecule is Cc1ccc(Cc2noc(C3CC4CCC3N4)n2)cc1. The second-order valence-electron chi connectivity index (χ2n) is 6.10. The largest absolute Gasteiger partial charge is 0.339 e.